The van der Waals surface area contributed by atoms with E-state index < -0.39 is 12.1 Å². The first-order chi connectivity index (χ1) is 5.47. The van der Waals surface area contributed by atoms with Gasteiger partial charge in [-0.15, -0.1) is 0 Å². The van der Waals surface area contributed by atoms with Crippen LogP contribution in [0.5, 0.6) is 0 Å². The Balaban J connectivity index is -0.0000000501. The van der Waals surface area contributed by atoms with Crippen molar-refractivity contribution in [3.63, 3.8) is 0 Å². The Kier molecular flexibility index (Phi) is 39.8. The molecule has 1 atom stereocenters. The van der Waals surface area contributed by atoms with Gasteiger partial charge in [-0.3, -0.25) is 9.59 Å². The zero-order valence-corrected chi connectivity index (χ0v) is 6.25. The van der Waals surface area contributed by atoms with Gasteiger partial charge >= 0.3 is 43.7 Å². The Labute approximate surface area is 104 Å². The van der Waals surface area contributed by atoms with E-state index in [0.29, 0.717) is 0 Å². The van der Waals surface area contributed by atoms with E-state index in [-0.39, 0.29) is 50.7 Å². The molecule has 0 rings (SSSR count). The summed E-state index contributed by atoms with van der Waals surface area (Å²) < 4.78 is 0. The SMILES string of the molecule is CC(O)C(=O)O.O=CO.O=CO.[CaH2]. The van der Waals surface area contributed by atoms with E-state index in [2.05, 4.69) is 0 Å². The molecule has 0 heterocycles. The van der Waals surface area contributed by atoms with Crippen LogP contribution in [0.25, 0.3) is 0 Å². The Bertz CT molecular complexity index is 118. The van der Waals surface area contributed by atoms with Crippen molar-refractivity contribution >= 4 is 56.7 Å². The van der Waals surface area contributed by atoms with E-state index in [1.807, 2.05) is 0 Å². The van der Waals surface area contributed by atoms with Gasteiger partial charge in [-0.05, 0) is 6.92 Å². The normalized spacial score (nSPS) is 8.15. The van der Waals surface area contributed by atoms with Gasteiger partial charge in [0.05, 0.1) is 0 Å². The summed E-state index contributed by atoms with van der Waals surface area (Å²) in [6.45, 7) is 0.697. The number of carboxylic acids is 1. The van der Waals surface area contributed by atoms with Crippen molar-refractivity contribution in [3.8, 4) is 0 Å². The predicted molar refractivity (Wildman–Crippen MR) is 45.2 cm³/mol. The van der Waals surface area contributed by atoms with Crippen LogP contribution in [-0.2, 0) is 14.4 Å². The first kappa shape index (κ1) is 22.9. The molecule has 0 amide bonds. The molecule has 0 fully saturated rings. The molecule has 0 aliphatic carbocycles. The Morgan fingerprint density at radius 1 is 1.23 bits per heavy atom. The minimum absolute atomic E-state index is 0. The summed E-state index contributed by atoms with van der Waals surface area (Å²) in [6, 6.07) is 0. The van der Waals surface area contributed by atoms with Crippen molar-refractivity contribution in [1.29, 1.82) is 0 Å². The van der Waals surface area contributed by atoms with Crippen LogP contribution >= 0.6 is 0 Å². The number of aliphatic hydroxyl groups excluding tert-OH is 1. The number of aliphatic hydroxyl groups is 1. The molecule has 0 bridgehead atoms. The zero-order chi connectivity index (χ0) is 10.6. The van der Waals surface area contributed by atoms with Gasteiger partial charge in [0, 0.05) is 0 Å². The monoisotopic (exact) mass is 224 g/mol. The molecule has 0 aromatic heterocycles. The van der Waals surface area contributed by atoms with Crippen molar-refractivity contribution in [2.45, 2.75) is 13.0 Å². The van der Waals surface area contributed by atoms with E-state index in [1.165, 1.54) is 6.92 Å². The van der Waals surface area contributed by atoms with E-state index in [1.54, 1.807) is 0 Å². The van der Waals surface area contributed by atoms with Crippen molar-refractivity contribution < 1.29 is 34.8 Å². The number of carboxylic acid groups (broad SMARTS) is 3. The summed E-state index contributed by atoms with van der Waals surface area (Å²) in [5, 5.41) is 29.5. The molecule has 0 aliphatic heterocycles. The van der Waals surface area contributed by atoms with Crippen molar-refractivity contribution in [1.82, 2.24) is 0 Å². The van der Waals surface area contributed by atoms with Crippen LogP contribution in [0, 0.1) is 0 Å². The Hall–Kier alpha value is -0.370. The summed E-state index contributed by atoms with van der Waals surface area (Å²) in [6.07, 6.45) is -1.23. The first-order valence-corrected chi connectivity index (χ1v) is 2.54. The molecular formula is C5H12CaO7. The molecule has 0 saturated carbocycles. The maximum atomic E-state index is 9.45. The fourth-order valence-electron chi connectivity index (χ4n) is 0. The summed E-state index contributed by atoms with van der Waals surface area (Å²) in [5.41, 5.74) is 0. The summed E-state index contributed by atoms with van der Waals surface area (Å²) in [7, 11) is 0. The van der Waals surface area contributed by atoms with Crippen LogP contribution in [0.1, 0.15) is 6.92 Å². The second-order valence-corrected chi connectivity index (χ2v) is 1.23. The molecule has 0 aliphatic rings. The third-order valence-corrected chi connectivity index (χ3v) is 0.357. The molecule has 8 heteroatoms. The Morgan fingerprint density at radius 2 is 1.31 bits per heavy atom. The van der Waals surface area contributed by atoms with Gasteiger partial charge in [0.2, 0.25) is 0 Å². The van der Waals surface area contributed by atoms with Gasteiger partial charge in [0.15, 0.2) is 0 Å². The number of aliphatic carboxylic acids is 1. The van der Waals surface area contributed by atoms with Crippen molar-refractivity contribution in [3.05, 3.63) is 0 Å². The number of hydrogen-bond donors (Lipinski definition) is 4. The average Bonchev–Trinajstić information content (AvgIpc) is 1.90. The summed E-state index contributed by atoms with van der Waals surface area (Å²) >= 11 is 0. The molecule has 0 aromatic carbocycles. The first-order valence-electron chi connectivity index (χ1n) is 2.54. The molecule has 0 spiro atoms. The topological polar surface area (TPSA) is 132 Å². The van der Waals surface area contributed by atoms with E-state index in [0.717, 1.165) is 0 Å². The fraction of sp³-hybridized carbons (Fsp3) is 0.400. The number of hydrogen-bond acceptors (Lipinski definition) is 4. The molecule has 4 N–H and O–H groups in total. The van der Waals surface area contributed by atoms with Crippen LogP contribution in [-0.4, -0.2) is 83.2 Å². The summed E-state index contributed by atoms with van der Waals surface area (Å²) in [4.78, 5) is 26.2. The average molecular weight is 224 g/mol. The van der Waals surface area contributed by atoms with Gasteiger partial charge in [-0.2, -0.15) is 0 Å². The second-order valence-electron chi connectivity index (χ2n) is 1.23. The third kappa shape index (κ3) is 81.9. The van der Waals surface area contributed by atoms with Crippen molar-refractivity contribution in [2.24, 2.45) is 0 Å². The molecule has 7 nitrogen and oxygen atoms in total. The molecule has 76 valence electrons. The van der Waals surface area contributed by atoms with E-state index in [9.17, 15) is 4.79 Å². The van der Waals surface area contributed by atoms with Crippen LogP contribution in [0.3, 0.4) is 0 Å². The molecule has 0 saturated heterocycles. The van der Waals surface area contributed by atoms with E-state index in [4.69, 9.17) is 30.0 Å². The Morgan fingerprint density at radius 3 is 1.31 bits per heavy atom. The second kappa shape index (κ2) is 22.6. The van der Waals surface area contributed by atoms with Gasteiger partial charge in [0.25, 0.3) is 12.9 Å². The minimum atomic E-state index is -1.23. The van der Waals surface area contributed by atoms with Gasteiger partial charge < -0.3 is 20.4 Å². The molecular weight excluding hydrogens is 212 g/mol. The molecule has 13 heavy (non-hydrogen) atoms. The van der Waals surface area contributed by atoms with Gasteiger partial charge in [-0.25, -0.2) is 4.79 Å². The summed E-state index contributed by atoms with van der Waals surface area (Å²) in [5.74, 6) is -1.19. The van der Waals surface area contributed by atoms with Crippen molar-refractivity contribution in [2.75, 3.05) is 0 Å². The maximum absolute atomic E-state index is 9.45. The van der Waals surface area contributed by atoms with Gasteiger partial charge in [-0.1, -0.05) is 0 Å². The van der Waals surface area contributed by atoms with Crippen LogP contribution in [0.4, 0.5) is 0 Å². The van der Waals surface area contributed by atoms with Crippen LogP contribution in [0.2, 0.25) is 0 Å². The van der Waals surface area contributed by atoms with Crippen LogP contribution < -0.4 is 0 Å². The molecule has 0 radical (unpaired) electrons. The number of rotatable bonds is 1. The molecule has 1 unspecified atom stereocenters. The molecule has 0 aromatic rings. The quantitative estimate of drug-likeness (QED) is 0.297. The fourth-order valence-corrected chi connectivity index (χ4v) is 0. The van der Waals surface area contributed by atoms with Gasteiger partial charge in [0.1, 0.15) is 6.10 Å². The number of carbonyl (C=O) groups is 3. The standard InChI is InChI=1S/C3H6O3.2CH2O2.Ca.2H/c1-2(4)3(5)6;2*2-1-3;;;/h2,4H,1H3,(H,5,6);2*1H,(H,2,3);;;. The van der Waals surface area contributed by atoms with Crippen LogP contribution in [0.15, 0.2) is 0 Å². The predicted octanol–water partition coefficient (Wildman–Crippen LogP) is -2.06. The van der Waals surface area contributed by atoms with E-state index >= 15 is 0 Å². The zero-order valence-electron chi connectivity index (χ0n) is 6.25. The third-order valence-electron chi connectivity index (χ3n) is 0.357.